The van der Waals surface area contributed by atoms with Crippen LogP contribution >= 0.6 is 0 Å². The maximum absolute atomic E-state index is 13.0. The van der Waals surface area contributed by atoms with Gasteiger partial charge in [-0.25, -0.2) is 0 Å². The molecule has 0 saturated heterocycles. The molecule has 4 rings (SSSR count). The molecule has 1 amide bonds. The van der Waals surface area contributed by atoms with Crippen molar-refractivity contribution in [3.05, 3.63) is 83.2 Å². The number of methoxy groups -OCH3 is 1. The predicted octanol–water partition coefficient (Wildman–Crippen LogP) is 3.15. The first-order valence-corrected chi connectivity index (χ1v) is 9.11. The lowest BCUT2D eigenvalue weighted by Gasteiger charge is -2.34. The van der Waals surface area contributed by atoms with Crippen molar-refractivity contribution in [1.82, 2.24) is 14.7 Å². The SMILES string of the molecule is COc1ccc(CC(=O)N2Cc3ccccc3C(c3cnn(C)c3)C2)cc1. The van der Waals surface area contributed by atoms with Gasteiger partial charge in [-0.3, -0.25) is 9.48 Å². The fraction of sp³-hybridized carbons (Fsp3) is 0.273. The molecular formula is C22H23N3O2. The molecule has 0 saturated carbocycles. The van der Waals surface area contributed by atoms with Gasteiger partial charge in [-0.05, 0) is 34.4 Å². The highest BCUT2D eigenvalue weighted by Gasteiger charge is 2.29. The van der Waals surface area contributed by atoms with Gasteiger partial charge in [-0.2, -0.15) is 5.10 Å². The molecule has 0 aliphatic carbocycles. The molecule has 1 aromatic heterocycles. The van der Waals surface area contributed by atoms with Crippen molar-refractivity contribution in [3.8, 4) is 5.75 Å². The predicted molar refractivity (Wildman–Crippen MR) is 104 cm³/mol. The standard InChI is InChI=1S/C22H23N3O2/c1-24-13-18(12-23-24)21-15-25(14-17-5-3-4-6-20(17)21)22(26)11-16-7-9-19(27-2)10-8-16/h3-10,12-13,21H,11,14-15H2,1-2H3. The lowest BCUT2D eigenvalue weighted by Crippen LogP contribution is -2.39. The van der Waals surface area contributed by atoms with E-state index in [1.807, 2.05) is 59.4 Å². The summed E-state index contributed by atoms with van der Waals surface area (Å²) in [5, 5.41) is 4.32. The van der Waals surface area contributed by atoms with Gasteiger partial charge >= 0.3 is 0 Å². The van der Waals surface area contributed by atoms with E-state index in [9.17, 15) is 4.79 Å². The van der Waals surface area contributed by atoms with Gasteiger partial charge < -0.3 is 9.64 Å². The monoisotopic (exact) mass is 361 g/mol. The molecule has 5 heteroatoms. The molecule has 0 fully saturated rings. The summed E-state index contributed by atoms with van der Waals surface area (Å²) in [5.41, 5.74) is 4.64. The van der Waals surface area contributed by atoms with Crippen molar-refractivity contribution in [2.45, 2.75) is 18.9 Å². The number of carbonyl (C=O) groups excluding carboxylic acids is 1. The van der Waals surface area contributed by atoms with Crippen LogP contribution < -0.4 is 4.74 Å². The van der Waals surface area contributed by atoms with Crippen molar-refractivity contribution in [1.29, 1.82) is 0 Å². The van der Waals surface area contributed by atoms with Crippen molar-refractivity contribution in [2.24, 2.45) is 7.05 Å². The molecule has 1 aliphatic heterocycles. The van der Waals surface area contributed by atoms with Crippen LogP contribution in [0.3, 0.4) is 0 Å². The zero-order chi connectivity index (χ0) is 18.8. The molecule has 1 unspecified atom stereocenters. The normalized spacial score (nSPS) is 16.1. The summed E-state index contributed by atoms with van der Waals surface area (Å²) < 4.78 is 7.01. The van der Waals surface area contributed by atoms with Crippen LogP contribution in [0.5, 0.6) is 5.75 Å². The largest absolute Gasteiger partial charge is 0.497 e. The van der Waals surface area contributed by atoms with E-state index < -0.39 is 0 Å². The van der Waals surface area contributed by atoms with E-state index in [2.05, 4.69) is 23.3 Å². The molecule has 0 spiro atoms. The smallest absolute Gasteiger partial charge is 0.227 e. The van der Waals surface area contributed by atoms with Crippen LogP contribution in [0.25, 0.3) is 0 Å². The molecule has 2 heterocycles. The first-order chi connectivity index (χ1) is 13.1. The van der Waals surface area contributed by atoms with E-state index in [-0.39, 0.29) is 11.8 Å². The Balaban J connectivity index is 1.57. The van der Waals surface area contributed by atoms with Gasteiger partial charge in [0.25, 0.3) is 0 Å². The van der Waals surface area contributed by atoms with E-state index in [1.165, 1.54) is 11.1 Å². The molecule has 2 aromatic carbocycles. The highest BCUT2D eigenvalue weighted by molar-refractivity contribution is 5.79. The number of nitrogens with zero attached hydrogens (tertiary/aromatic N) is 3. The number of rotatable bonds is 4. The Hall–Kier alpha value is -3.08. The number of aromatic nitrogens is 2. The molecule has 1 aliphatic rings. The summed E-state index contributed by atoms with van der Waals surface area (Å²) in [5.74, 6) is 1.10. The summed E-state index contributed by atoms with van der Waals surface area (Å²) in [6, 6.07) is 16.1. The summed E-state index contributed by atoms with van der Waals surface area (Å²) >= 11 is 0. The van der Waals surface area contributed by atoms with Gasteiger partial charge in [0.1, 0.15) is 5.75 Å². The third kappa shape index (κ3) is 3.58. The molecule has 3 aromatic rings. The van der Waals surface area contributed by atoms with E-state index >= 15 is 0 Å². The third-order valence-electron chi connectivity index (χ3n) is 5.19. The molecule has 138 valence electrons. The van der Waals surface area contributed by atoms with Crippen molar-refractivity contribution in [3.63, 3.8) is 0 Å². The summed E-state index contributed by atoms with van der Waals surface area (Å²) in [4.78, 5) is 15.0. The van der Waals surface area contributed by atoms with Gasteiger partial charge in [0.05, 0.1) is 19.7 Å². The lowest BCUT2D eigenvalue weighted by molar-refractivity contribution is -0.131. The van der Waals surface area contributed by atoms with E-state index in [1.54, 1.807) is 7.11 Å². The average Bonchev–Trinajstić information content (AvgIpc) is 3.14. The highest BCUT2D eigenvalue weighted by Crippen LogP contribution is 2.33. The maximum atomic E-state index is 13.0. The van der Waals surface area contributed by atoms with E-state index in [0.29, 0.717) is 19.5 Å². The molecule has 0 radical (unpaired) electrons. The number of benzene rings is 2. The molecule has 1 atom stereocenters. The van der Waals surface area contributed by atoms with Crippen LogP contribution in [0, 0.1) is 0 Å². The van der Waals surface area contributed by atoms with Crippen LogP contribution in [-0.2, 0) is 24.8 Å². The van der Waals surface area contributed by atoms with Crippen LogP contribution in [-0.4, -0.2) is 34.2 Å². The Bertz CT molecular complexity index is 946. The van der Waals surface area contributed by atoms with Gasteiger partial charge in [0.15, 0.2) is 0 Å². The van der Waals surface area contributed by atoms with Crippen molar-refractivity contribution < 1.29 is 9.53 Å². The minimum absolute atomic E-state index is 0.142. The number of ether oxygens (including phenoxy) is 1. The molecular weight excluding hydrogens is 338 g/mol. The molecule has 0 bridgehead atoms. The zero-order valence-electron chi connectivity index (χ0n) is 15.6. The van der Waals surface area contributed by atoms with Crippen LogP contribution in [0.2, 0.25) is 0 Å². The minimum atomic E-state index is 0.142. The van der Waals surface area contributed by atoms with Crippen molar-refractivity contribution >= 4 is 5.91 Å². The fourth-order valence-electron chi connectivity index (χ4n) is 3.73. The van der Waals surface area contributed by atoms with E-state index in [0.717, 1.165) is 16.9 Å². The van der Waals surface area contributed by atoms with Gasteiger partial charge in [0.2, 0.25) is 5.91 Å². The van der Waals surface area contributed by atoms with Crippen LogP contribution in [0.4, 0.5) is 0 Å². The number of fused-ring (bicyclic) bond motifs is 1. The minimum Gasteiger partial charge on any atom is -0.497 e. The molecule has 0 N–H and O–H groups in total. The topological polar surface area (TPSA) is 47.4 Å². The maximum Gasteiger partial charge on any atom is 0.227 e. The second kappa shape index (κ2) is 7.27. The Morgan fingerprint density at radius 2 is 1.96 bits per heavy atom. The van der Waals surface area contributed by atoms with Crippen LogP contribution in [0.15, 0.2) is 60.9 Å². The number of aryl methyl sites for hydroxylation is 1. The first kappa shape index (κ1) is 17.3. The van der Waals surface area contributed by atoms with Gasteiger partial charge in [-0.15, -0.1) is 0 Å². The summed E-state index contributed by atoms with van der Waals surface area (Å²) in [6.45, 7) is 1.33. The number of hydrogen-bond donors (Lipinski definition) is 0. The fourth-order valence-corrected chi connectivity index (χ4v) is 3.73. The Morgan fingerprint density at radius 3 is 2.67 bits per heavy atom. The second-order valence-corrected chi connectivity index (χ2v) is 7.00. The molecule has 5 nitrogen and oxygen atoms in total. The van der Waals surface area contributed by atoms with Crippen molar-refractivity contribution in [2.75, 3.05) is 13.7 Å². The Kier molecular flexibility index (Phi) is 4.67. The third-order valence-corrected chi connectivity index (χ3v) is 5.19. The first-order valence-electron chi connectivity index (χ1n) is 9.11. The Labute approximate surface area is 159 Å². The average molecular weight is 361 g/mol. The van der Waals surface area contributed by atoms with E-state index in [4.69, 9.17) is 4.74 Å². The zero-order valence-corrected chi connectivity index (χ0v) is 15.6. The number of amides is 1. The van der Waals surface area contributed by atoms with Crippen LogP contribution in [0.1, 0.15) is 28.2 Å². The lowest BCUT2D eigenvalue weighted by atomic mass is 9.86. The summed E-state index contributed by atoms with van der Waals surface area (Å²) in [6.07, 6.45) is 4.34. The van der Waals surface area contributed by atoms with Gasteiger partial charge in [0, 0.05) is 32.3 Å². The highest BCUT2D eigenvalue weighted by atomic mass is 16.5. The number of carbonyl (C=O) groups is 1. The number of hydrogen-bond acceptors (Lipinski definition) is 3. The summed E-state index contributed by atoms with van der Waals surface area (Å²) in [7, 11) is 3.56. The Morgan fingerprint density at radius 1 is 1.19 bits per heavy atom. The quantitative estimate of drug-likeness (QED) is 0.717. The second-order valence-electron chi connectivity index (χ2n) is 7.00. The molecule has 27 heavy (non-hydrogen) atoms. The van der Waals surface area contributed by atoms with Gasteiger partial charge in [-0.1, -0.05) is 36.4 Å².